The first-order valence-corrected chi connectivity index (χ1v) is 11.9. The van der Waals surface area contributed by atoms with Gasteiger partial charge in [-0.15, -0.1) is 0 Å². The average molecular weight is 497 g/mol. The van der Waals surface area contributed by atoms with Crippen molar-refractivity contribution in [1.82, 2.24) is 5.43 Å². The molecule has 35 heavy (non-hydrogen) atoms. The fraction of sp³-hybridized carbons (Fsp3) is 0.167. The van der Waals surface area contributed by atoms with Gasteiger partial charge in [0.1, 0.15) is 12.3 Å². The lowest BCUT2D eigenvalue weighted by Crippen LogP contribution is -2.39. The van der Waals surface area contributed by atoms with E-state index in [9.17, 15) is 23.3 Å². The molecule has 3 aromatic rings. The van der Waals surface area contributed by atoms with Gasteiger partial charge >= 0.3 is 0 Å². The quantitative estimate of drug-likeness (QED) is 0.273. The van der Waals surface area contributed by atoms with Crippen molar-refractivity contribution in [3.8, 4) is 5.75 Å². The summed E-state index contributed by atoms with van der Waals surface area (Å²) in [7, 11) is -2.65. The van der Waals surface area contributed by atoms with Crippen LogP contribution in [0.25, 0.3) is 0 Å². The van der Waals surface area contributed by atoms with Crippen molar-refractivity contribution in [3.05, 3.63) is 94.0 Å². The highest BCUT2D eigenvalue weighted by molar-refractivity contribution is 7.92. The van der Waals surface area contributed by atoms with Gasteiger partial charge < -0.3 is 4.74 Å². The second-order valence-corrected chi connectivity index (χ2v) is 9.43. The number of hydrogen-bond acceptors (Lipinski definition) is 7. The second-order valence-electron chi connectivity index (χ2n) is 7.57. The van der Waals surface area contributed by atoms with Crippen LogP contribution in [0.1, 0.15) is 18.1 Å². The maximum atomic E-state index is 13.4. The van der Waals surface area contributed by atoms with E-state index < -0.39 is 27.4 Å². The number of nitro groups is 1. The average Bonchev–Trinajstić information content (AvgIpc) is 2.86. The number of aryl methyl sites for hydroxylation is 1. The molecule has 3 aromatic carbocycles. The molecule has 10 nitrogen and oxygen atoms in total. The number of nitro benzene ring substituents is 1. The van der Waals surface area contributed by atoms with Gasteiger partial charge in [-0.25, -0.2) is 13.8 Å². The lowest BCUT2D eigenvalue weighted by Gasteiger charge is -2.24. The minimum Gasteiger partial charge on any atom is -0.497 e. The predicted octanol–water partition coefficient (Wildman–Crippen LogP) is 3.65. The second kappa shape index (κ2) is 10.8. The van der Waals surface area contributed by atoms with E-state index in [0.29, 0.717) is 17.0 Å². The van der Waals surface area contributed by atoms with Crippen molar-refractivity contribution < 1.29 is 22.9 Å². The van der Waals surface area contributed by atoms with Crippen LogP contribution in [0.5, 0.6) is 5.75 Å². The first-order valence-electron chi connectivity index (χ1n) is 10.4. The lowest BCUT2D eigenvalue weighted by molar-refractivity contribution is -0.384. The molecular formula is C24H24N4O6S. The van der Waals surface area contributed by atoms with E-state index in [1.165, 1.54) is 43.5 Å². The van der Waals surface area contributed by atoms with E-state index >= 15 is 0 Å². The van der Waals surface area contributed by atoms with E-state index in [2.05, 4.69) is 10.5 Å². The molecule has 0 saturated heterocycles. The fourth-order valence-corrected chi connectivity index (χ4v) is 4.55. The minimum atomic E-state index is -4.10. The number of carbonyl (C=O) groups is 1. The van der Waals surface area contributed by atoms with Gasteiger partial charge in [-0.1, -0.05) is 35.9 Å². The molecule has 0 unspecified atom stereocenters. The summed E-state index contributed by atoms with van der Waals surface area (Å²) in [6.45, 7) is 2.85. The molecule has 0 bridgehead atoms. The van der Waals surface area contributed by atoms with Crippen LogP contribution in [0, 0.1) is 17.0 Å². The van der Waals surface area contributed by atoms with E-state index in [1.54, 1.807) is 43.3 Å². The molecule has 0 heterocycles. The van der Waals surface area contributed by atoms with Crippen LogP contribution < -0.4 is 14.5 Å². The maximum Gasteiger partial charge on any atom is 0.270 e. The molecule has 0 aliphatic heterocycles. The molecule has 0 aliphatic carbocycles. The molecule has 3 rings (SSSR count). The van der Waals surface area contributed by atoms with E-state index in [4.69, 9.17) is 4.74 Å². The van der Waals surface area contributed by atoms with Gasteiger partial charge in [-0.05, 0) is 38.1 Å². The highest BCUT2D eigenvalue weighted by Gasteiger charge is 2.27. The Kier molecular flexibility index (Phi) is 7.82. The van der Waals surface area contributed by atoms with Crippen molar-refractivity contribution in [2.45, 2.75) is 18.7 Å². The lowest BCUT2D eigenvalue weighted by atomic mass is 10.1. The number of nitrogens with one attached hydrogen (secondary N) is 1. The van der Waals surface area contributed by atoms with Gasteiger partial charge in [0.25, 0.3) is 21.6 Å². The maximum absolute atomic E-state index is 13.4. The Bertz CT molecular complexity index is 1370. The molecule has 0 fully saturated rings. The number of rotatable bonds is 9. The highest BCUT2D eigenvalue weighted by atomic mass is 32.2. The van der Waals surface area contributed by atoms with Crippen molar-refractivity contribution in [2.24, 2.45) is 5.10 Å². The molecular weight excluding hydrogens is 472 g/mol. The molecule has 1 N–H and O–H groups in total. The molecule has 0 radical (unpaired) electrons. The Morgan fingerprint density at radius 2 is 1.77 bits per heavy atom. The van der Waals surface area contributed by atoms with E-state index in [1.807, 2.05) is 6.92 Å². The van der Waals surface area contributed by atoms with Crippen LogP contribution in [0.15, 0.2) is 82.8 Å². The highest BCUT2D eigenvalue weighted by Crippen LogP contribution is 2.27. The summed E-state index contributed by atoms with van der Waals surface area (Å²) in [6.07, 6.45) is 0. The Morgan fingerprint density at radius 1 is 1.09 bits per heavy atom. The summed E-state index contributed by atoms with van der Waals surface area (Å²) in [4.78, 5) is 23.3. The minimum absolute atomic E-state index is 0.0231. The number of sulfonamides is 1. The van der Waals surface area contributed by atoms with Crippen LogP contribution in [0.2, 0.25) is 0 Å². The van der Waals surface area contributed by atoms with E-state index in [0.717, 1.165) is 9.87 Å². The molecule has 0 saturated carbocycles. The normalized spacial score (nSPS) is 11.6. The van der Waals surface area contributed by atoms with Crippen molar-refractivity contribution in [2.75, 3.05) is 18.0 Å². The standard InChI is InChI=1S/C24H24N4O6S/c1-17-10-12-23(13-11-17)35(32,33)27(20-7-5-9-22(15-20)34-3)16-24(29)26-25-18(2)19-6-4-8-21(14-19)28(30)31/h4-15H,16H2,1-3H3,(H,26,29)/b25-18-. The Morgan fingerprint density at radius 3 is 2.43 bits per heavy atom. The van der Waals surface area contributed by atoms with Crippen molar-refractivity contribution >= 4 is 33.0 Å². The number of methoxy groups -OCH3 is 1. The molecule has 0 atom stereocenters. The van der Waals surface area contributed by atoms with E-state index in [-0.39, 0.29) is 16.3 Å². The van der Waals surface area contributed by atoms with Gasteiger partial charge in [0.15, 0.2) is 0 Å². The summed E-state index contributed by atoms with van der Waals surface area (Å²) in [5.41, 5.74) is 4.10. The molecule has 11 heteroatoms. The van der Waals surface area contributed by atoms with Crippen LogP contribution in [0.3, 0.4) is 0 Å². The number of benzene rings is 3. The topological polar surface area (TPSA) is 131 Å². The monoisotopic (exact) mass is 496 g/mol. The molecule has 1 amide bonds. The van der Waals surface area contributed by atoms with Gasteiger partial charge in [-0.3, -0.25) is 19.2 Å². The van der Waals surface area contributed by atoms with Gasteiger partial charge in [-0.2, -0.15) is 5.10 Å². The summed E-state index contributed by atoms with van der Waals surface area (Å²) in [5.74, 6) is -0.278. The zero-order valence-corrected chi connectivity index (χ0v) is 20.2. The van der Waals surface area contributed by atoms with Crippen LogP contribution in [-0.2, 0) is 14.8 Å². The Balaban J connectivity index is 1.89. The SMILES string of the molecule is COc1cccc(N(CC(=O)N/N=C(/C)c2cccc([N+](=O)[O-])c2)S(=O)(=O)c2ccc(C)cc2)c1. The zero-order chi connectivity index (χ0) is 25.6. The number of hydrogen-bond donors (Lipinski definition) is 1. The third-order valence-corrected chi connectivity index (χ3v) is 6.85. The summed E-state index contributed by atoms with van der Waals surface area (Å²) in [5, 5.41) is 15.0. The number of nitrogens with zero attached hydrogens (tertiary/aromatic N) is 3. The number of hydrazone groups is 1. The van der Waals surface area contributed by atoms with Crippen molar-refractivity contribution in [1.29, 1.82) is 0 Å². The first-order chi connectivity index (χ1) is 16.6. The van der Waals surface area contributed by atoms with Crippen molar-refractivity contribution in [3.63, 3.8) is 0 Å². The number of amides is 1. The molecule has 182 valence electrons. The summed E-state index contributed by atoms with van der Waals surface area (Å²) in [6, 6.07) is 18.4. The third-order valence-electron chi connectivity index (χ3n) is 5.06. The molecule has 0 aliphatic rings. The fourth-order valence-electron chi connectivity index (χ4n) is 3.14. The van der Waals surface area contributed by atoms with Gasteiger partial charge in [0, 0.05) is 23.8 Å². The van der Waals surface area contributed by atoms with Gasteiger partial charge in [0.05, 0.1) is 28.3 Å². The molecule has 0 spiro atoms. The largest absolute Gasteiger partial charge is 0.497 e. The van der Waals surface area contributed by atoms with Crippen LogP contribution in [-0.4, -0.2) is 38.6 Å². The zero-order valence-electron chi connectivity index (χ0n) is 19.3. The number of ether oxygens (including phenoxy) is 1. The van der Waals surface area contributed by atoms with Gasteiger partial charge in [0.2, 0.25) is 0 Å². The summed E-state index contributed by atoms with van der Waals surface area (Å²) >= 11 is 0. The summed E-state index contributed by atoms with van der Waals surface area (Å²) < 4.78 is 33.1. The smallest absolute Gasteiger partial charge is 0.270 e. The number of carbonyl (C=O) groups excluding carboxylic acids is 1. The van der Waals surface area contributed by atoms with Crippen LogP contribution >= 0.6 is 0 Å². The molecule has 0 aromatic heterocycles. The Labute approximate surface area is 203 Å². The number of non-ortho nitro benzene ring substituents is 1. The predicted molar refractivity (Wildman–Crippen MR) is 132 cm³/mol. The number of anilines is 1. The third kappa shape index (κ3) is 6.21. The Hall–Kier alpha value is -4.25. The van der Waals surface area contributed by atoms with Crippen LogP contribution in [0.4, 0.5) is 11.4 Å². The first kappa shape index (κ1) is 25.4.